The highest BCUT2D eigenvalue weighted by atomic mass is 35.5. The zero-order valence-electron chi connectivity index (χ0n) is 30.1. The van der Waals surface area contributed by atoms with E-state index in [1.165, 1.54) is 16.7 Å². The van der Waals surface area contributed by atoms with E-state index in [0.717, 1.165) is 27.6 Å². The van der Waals surface area contributed by atoms with Crippen molar-refractivity contribution in [1.29, 1.82) is 0 Å². The Labute approximate surface area is 322 Å². The minimum absolute atomic E-state index is 0.0945. The Morgan fingerprint density at radius 1 is 0.944 bits per heavy atom. The van der Waals surface area contributed by atoms with Crippen LogP contribution in [0.5, 0.6) is 0 Å². The normalized spacial score (nSPS) is 18.9. The molecule has 5 aromatic rings. The summed E-state index contributed by atoms with van der Waals surface area (Å²) < 4.78 is 0. The number of benzene rings is 2. The van der Waals surface area contributed by atoms with Crippen molar-refractivity contribution >= 4 is 52.0 Å². The van der Waals surface area contributed by atoms with Crippen LogP contribution in [0.25, 0.3) is 22.2 Å². The number of halogens is 1. The lowest BCUT2D eigenvalue weighted by Gasteiger charge is -2.32. The molecule has 0 saturated heterocycles. The summed E-state index contributed by atoms with van der Waals surface area (Å²) in [5.41, 5.74) is 16.4. The average molecular weight is 772 g/mol. The fraction of sp³-hybridized carbons (Fsp3) is 0.368. The molecule has 0 fully saturated rings. The molecule has 0 aliphatic carbocycles. The average Bonchev–Trinajstić information content (AvgIpc) is 3.87. The monoisotopic (exact) mass is 771 g/mol. The number of aromatic nitrogens is 5. The second-order valence-corrected chi connectivity index (χ2v) is 14.7. The largest absolute Gasteiger partial charge is 0.361 e. The molecule has 4 heterocycles. The fourth-order valence-electron chi connectivity index (χ4n) is 6.65. The van der Waals surface area contributed by atoms with Gasteiger partial charge < -0.3 is 37.3 Å². The number of nitrogens with zero attached hydrogens (tertiary/aromatic N) is 4. The second kappa shape index (κ2) is 18.5. The van der Waals surface area contributed by atoms with E-state index in [-0.39, 0.29) is 30.7 Å². The van der Waals surface area contributed by atoms with E-state index in [0.29, 0.717) is 77.9 Å². The van der Waals surface area contributed by atoms with Gasteiger partial charge in [-0.05, 0) is 86.1 Å². The molecule has 0 saturated carbocycles. The van der Waals surface area contributed by atoms with Gasteiger partial charge in [0.05, 0.1) is 17.3 Å². The van der Waals surface area contributed by atoms with Gasteiger partial charge in [-0.15, -0.1) is 0 Å². The second-order valence-electron chi connectivity index (χ2n) is 13.3. The molecular weight excluding hydrogens is 726 g/mol. The first-order chi connectivity index (χ1) is 26.3. The van der Waals surface area contributed by atoms with Crippen molar-refractivity contribution in [3.8, 4) is 11.3 Å². The van der Waals surface area contributed by atoms with Gasteiger partial charge in [-0.2, -0.15) is 15.4 Å². The Bertz CT molecular complexity index is 2060. The molecule has 0 unspecified atom stereocenters. The number of likely N-dealkylation sites (N-methyl/N-ethyl adjacent to an activating group) is 1. The van der Waals surface area contributed by atoms with Crippen LogP contribution in [-0.2, 0) is 33.9 Å². The van der Waals surface area contributed by atoms with Gasteiger partial charge >= 0.3 is 0 Å². The standard InChI is InChI=1S/C38H46ClN11O3S/c1-50-33(18-25-20-43-29-10-3-2-9-27(25)29)36(52)45-21-26-16-24(32-22-46-49-48-32)17-28(39)34(26)54-37-23(8-7-15-42-37)19-44-30(12-6-14-41)35(51)47-31(38(50)53)11-4-5-13-40/h2-3,7-10,15-17,20,22,30-31,33,43-44H,4-6,11-14,18-19,21,40-41H2,1H3,(H,45,52)(H,47,51)(H,46,48,49)/t30-,31-,33-/m0/s1. The van der Waals surface area contributed by atoms with Crippen LogP contribution in [0, 0.1) is 0 Å². The number of amides is 3. The van der Waals surface area contributed by atoms with E-state index < -0.39 is 18.1 Å². The van der Waals surface area contributed by atoms with Crippen LogP contribution in [0.15, 0.2) is 77.0 Å². The van der Waals surface area contributed by atoms with Gasteiger partial charge in [-0.3, -0.25) is 14.4 Å². The summed E-state index contributed by atoms with van der Waals surface area (Å²) in [4.78, 5) is 53.1. The molecule has 6 rings (SSSR count). The molecule has 3 aromatic heterocycles. The van der Waals surface area contributed by atoms with Crippen molar-refractivity contribution in [1.82, 2.24) is 46.2 Å². The number of nitrogens with two attached hydrogens (primary N) is 2. The highest BCUT2D eigenvalue weighted by molar-refractivity contribution is 7.99. The number of aromatic amines is 2. The summed E-state index contributed by atoms with van der Waals surface area (Å²) in [5.74, 6) is -1.06. The van der Waals surface area contributed by atoms with Gasteiger partial charge in [0.1, 0.15) is 22.8 Å². The molecular formula is C38H46ClN11O3S. The van der Waals surface area contributed by atoms with E-state index in [9.17, 15) is 14.4 Å². The zero-order chi connectivity index (χ0) is 38.0. The SMILES string of the molecule is CN1C(=O)[C@H](CCCCN)NC(=O)[C@H](CCCN)NCc2cccnc2Sc2c(Cl)cc(-c3cn[nH]n3)cc2CNC(=O)[C@@H]1Cc1c[nH]c2ccccc12. The maximum atomic E-state index is 14.5. The first-order valence-electron chi connectivity index (χ1n) is 18.1. The Balaban J connectivity index is 1.43. The molecule has 3 amide bonds. The van der Waals surface area contributed by atoms with Crippen LogP contribution in [0.2, 0.25) is 5.02 Å². The molecule has 0 spiro atoms. The lowest BCUT2D eigenvalue weighted by molar-refractivity contribution is -0.142. The number of hydrogen-bond donors (Lipinski definition) is 7. The third-order valence-corrected chi connectivity index (χ3v) is 11.3. The van der Waals surface area contributed by atoms with Gasteiger partial charge in [-0.25, -0.2) is 4.98 Å². The van der Waals surface area contributed by atoms with Crippen molar-refractivity contribution in [3.63, 3.8) is 0 Å². The van der Waals surface area contributed by atoms with Crippen LogP contribution in [0.4, 0.5) is 0 Å². The number of fused-ring (bicyclic) bond motifs is 3. The molecule has 284 valence electrons. The van der Waals surface area contributed by atoms with Crippen LogP contribution >= 0.6 is 23.4 Å². The predicted octanol–water partition coefficient (Wildman–Crippen LogP) is 3.66. The van der Waals surface area contributed by atoms with Crippen molar-refractivity contribution < 1.29 is 14.4 Å². The van der Waals surface area contributed by atoms with E-state index >= 15 is 0 Å². The third kappa shape index (κ3) is 9.28. The Morgan fingerprint density at radius 2 is 1.76 bits per heavy atom. The Kier molecular flexibility index (Phi) is 13.3. The molecule has 2 aromatic carbocycles. The number of H-pyrrole nitrogens is 2. The number of carbonyl (C=O) groups excluding carboxylic acids is 3. The molecule has 1 aliphatic rings. The van der Waals surface area contributed by atoms with Crippen LogP contribution in [-0.4, -0.2) is 86.3 Å². The minimum Gasteiger partial charge on any atom is -0.361 e. The summed E-state index contributed by atoms with van der Waals surface area (Å²) in [6.45, 7) is 1.26. The van der Waals surface area contributed by atoms with Gasteiger partial charge in [0.2, 0.25) is 17.7 Å². The lowest BCUT2D eigenvalue weighted by Crippen LogP contribution is -2.57. The van der Waals surface area contributed by atoms with Crippen LogP contribution < -0.4 is 27.4 Å². The first-order valence-corrected chi connectivity index (χ1v) is 19.3. The maximum absolute atomic E-state index is 14.5. The summed E-state index contributed by atoms with van der Waals surface area (Å²) in [7, 11) is 1.62. The maximum Gasteiger partial charge on any atom is 0.245 e. The van der Waals surface area contributed by atoms with Crippen molar-refractivity contribution in [3.05, 3.63) is 88.8 Å². The minimum atomic E-state index is -0.930. The Morgan fingerprint density at radius 3 is 2.56 bits per heavy atom. The predicted molar refractivity (Wildman–Crippen MR) is 209 cm³/mol. The number of rotatable bonds is 10. The van der Waals surface area contributed by atoms with Crippen LogP contribution in [0.3, 0.4) is 0 Å². The molecule has 0 radical (unpaired) electrons. The van der Waals surface area contributed by atoms with E-state index in [1.54, 1.807) is 25.5 Å². The molecule has 14 nitrogen and oxygen atoms in total. The number of pyridine rings is 1. The van der Waals surface area contributed by atoms with Gasteiger partial charge in [0, 0.05) is 60.3 Å². The van der Waals surface area contributed by atoms with Crippen LogP contribution in [0.1, 0.15) is 48.8 Å². The number of unbranched alkanes of at least 4 members (excludes halogenated alkanes) is 1. The molecule has 1 aliphatic heterocycles. The summed E-state index contributed by atoms with van der Waals surface area (Å²) in [6.07, 6.45) is 8.09. The molecule has 0 bridgehead atoms. The summed E-state index contributed by atoms with van der Waals surface area (Å²) in [6, 6.07) is 12.9. The topological polar surface area (TPSA) is 213 Å². The highest BCUT2D eigenvalue weighted by Gasteiger charge is 2.34. The van der Waals surface area contributed by atoms with Gasteiger partial charge in [-0.1, -0.05) is 47.6 Å². The van der Waals surface area contributed by atoms with Crippen molar-refractivity contribution in [2.45, 2.75) is 79.7 Å². The highest BCUT2D eigenvalue weighted by Crippen LogP contribution is 2.39. The zero-order valence-corrected chi connectivity index (χ0v) is 31.7. The van der Waals surface area contributed by atoms with Crippen molar-refractivity contribution in [2.24, 2.45) is 11.5 Å². The van der Waals surface area contributed by atoms with E-state index in [2.05, 4.69) is 41.3 Å². The third-order valence-electron chi connectivity index (χ3n) is 9.65. The van der Waals surface area contributed by atoms with Crippen molar-refractivity contribution in [2.75, 3.05) is 20.1 Å². The smallest absolute Gasteiger partial charge is 0.245 e. The molecule has 16 heteroatoms. The molecule has 9 N–H and O–H groups in total. The summed E-state index contributed by atoms with van der Waals surface area (Å²) in [5, 5.41) is 22.5. The quantitative estimate of drug-likeness (QED) is 0.102. The number of carbonyl (C=O) groups is 3. The lowest BCUT2D eigenvalue weighted by atomic mass is 10.0. The number of para-hydroxylation sites is 1. The summed E-state index contributed by atoms with van der Waals surface area (Å²) >= 11 is 8.39. The number of hydrogen-bond acceptors (Lipinski definition) is 10. The van der Waals surface area contributed by atoms with E-state index in [4.69, 9.17) is 23.1 Å². The molecule has 3 atom stereocenters. The Hall–Kier alpha value is -4.80. The van der Waals surface area contributed by atoms with Gasteiger partial charge in [0.25, 0.3) is 0 Å². The van der Waals surface area contributed by atoms with E-state index in [1.807, 2.05) is 48.7 Å². The van der Waals surface area contributed by atoms with Gasteiger partial charge in [0.15, 0.2) is 0 Å². The first kappa shape index (κ1) is 38.9. The number of nitrogens with one attached hydrogen (secondary N) is 5. The fourth-order valence-corrected chi connectivity index (χ4v) is 8.00. The molecule has 54 heavy (non-hydrogen) atoms.